The van der Waals surface area contributed by atoms with Crippen molar-refractivity contribution in [1.29, 1.82) is 0 Å². The van der Waals surface area contributed by atoms with E-state index in [0.29, 0.717) is 37.7 Å². The standard InChI is InChI=1S/C14H27N5O2/c1-6-9-20-13-18-11(15-7-2)17-12(19-13)16-10-14(4,5)21-8-3/h6-10H2,1-5H3,(H2,15,16,17,18,19). The molecular weight excluding hydrogens is 270 g/mol. The maximum absolute atomic E-state index is 5.64. The van der Waals surface area contributed by atoms with Crippen LogP contribution in [0.4, 0.5) is 11.9 Å². The monoisotopic (exact) mass is 297 g/mol. The van der Waals surface area contributed by atoms with Crippen molar-refractivity contribution in [1.82, 2.24) is 15.0 Å². The summed E-state index contributed by atoms with van der Waals surface area (Å²) in [5.74, 6) is 0.996. The lowest BCUT2D eigenvalue weighted by molar-refractivity contribution is 0.000567. The van der Waals surface area contributed by atoms with Gasteiger partial charge in [0.15, 0.2) is 0 Å². The van der Waals surface area contributed by atoms with E-state index in [1.165, 1.54) is 0 Å². The molecule has 0 saturated heterocycles. The Morgan fingerprint density at radius 1 is 1.00 bits per heavy atom. The molecule has 0 amide bonds. The van der Waals surface area contributed by atoms with Crippen LogP contribution < -0.4 is 15.4 Å². The van der Waals surface area contributed by atoms with Crippen molar-refractivity contribution in [3.63, 3.8) is 0 Å². The third-order valence-electron chi connectivity index (χ3n) is 2.59. The minimum Gasteiger partial charge on any atom is -0.463 e. The second-order valence-corrected chi connectivity index (χ2v) is 5.19. The van der Waals surface area contributed by atoms with E-state index in [9.17, 15) is 0 Å². The van der Waals surface area contributed by atoms with Gasteiger partial charge in [-0.15, -0.1) is 0 Å². The van der Waals surface area contributed by atoms with Crippen LogP contribution in [0.5, 0.6) is 6.01 Å². The van der Waals surface area contributed by atoms with Gasteiger partial charge in [0.05, 0.1) is 12.2 Å². The first-order valence-corrected chi connectivity index (χ1v) is 7.51. The summed E-state index contributed by atoms with van der Waals surface area (Å²) in [6.45, 7) is 12.6. The topological polar surface area (TPSA) is 81.2 Å². The summed E-state index contributed by atoms with van der Waals surface area (Å²) in [6, 6.07) is 0.333. The van der Waals surface area contributed by atoms with E-state index < -0.39 is 0 Å². The number of rotatable bonds is 10. The maximum Gasteiger partial charge on any atom is 0.323 e. The summed E-state index contributed by atoms with van der Waals surface area (Å²) in [6.07, 6.45) is 0.905. The Kier molecular flexibility index (Phi) is 7.14. The van der Waals surface area contributed by atoms with Gasteiger partial charge < -0.3 is 20.1 Å². The van der Waals surface area contributed by atoms with Crippen molar-refractivity contribution < 1.29 is 9.47 Å². The molecule has 0 aliphatic heterocycles. The Hall–Kier alpha value is -1.63. The fourth-order valence-corrected chi connectivity index (χ4v) is 1.66. The number of nitrogens with zero attached hydrogens (tertiary/aromatic N) is 3. The molecule has 7 nitrogen and oxygen atoms in total. The van der Waals surface area contributed by atoms with Gasteiger partial charge in [-0.2, -0.15) is 15.0 Å². The highest BCUT2D eigenvalue weighted by atomic mass is 16.5. The average molecular weight is 297 g/mol. The molecule has 0 aliphatic carbocycles. The normalized spacial score (nSPS) is 11.3. The van der Waals surface area contributed by atoms with E-state index in [-0.39, 0.29) is 5.60 Å². The van der Waals surface area contributed by atoms with Crippen LogP contribution in [-0.2, 0) is 4.74 Å². The van der Waals surface area contributed by atoms with E-state index in [4.69, 9.17) is 9.47 Å². The fraction of sp³-hybridized carbons (Fsp3) is 0.786. The minimum absolute atomic E-state index is 0.288. The van der Waals surface area contributed by atoms with Gasteiger partial charge in [0, 0.05) is 19.7 Å². The highest BCUT2D eigenvalue weighted by Gasteiger charge is 2.18. The van der Waals surface area contributed by atoms with Gasteiger partial charge in [0.25, 0.3) is 0 Å². The van der Waals surface area contributed by atoms with E-state index in [2.05, 4.69) is 25.6 Å². The van der Waals surface area contributed by atoms with Crippen LogP contribution >= 0.6 is 0 Å². The zero-order chi connectivity index (χ0) is 15.7. The summed E-state index contributed by atoms with van der Waals surface area (Å²) in [5, 5.41) is 6.25. The van der Waals surface area contributed by atoms with Gasteiger partial charge in [-0.05, 0) is 34.1 Å². The quantitative estimate of drug-likeness (QED) is 0.686. The van der Waals surface area contributed by atoms with E-state index in [1.54, 1.807) is 0 Å². The molecule has 0 unspecified atom stereocenters. The van der Waals surface area contributed by atoms with Crippen LogP contribution in [0.3, 0.4) is 0 Å². The number of aromatic nitrogens is 3. The van der Waals surface area contributed by atoms with E-state index in [1.807, 2.05) is 34.6 Å². The van der Waals surface area contributed by atoms with Crippen LogP contribution in [0.15, 0.2) is 0 Å². The number of anilines is 2. The lowest BCUT2D eigenvalue weighted by Gasteiger charge is -2.24. The first-order chi connectivity index (χ1) is 10.0. The van der Waals surface area contributed by atoms with Gasteiger partial charge in [-0.3, -0.25) is 0 Å². The van der Waals surface area contributed by atoms with Crippen molar-refractivity contribution in [2.24, 2.45) is 0 Å². The van der Waals surface area contributed by atoms with Crippen molar-refractivity contribution in [3.8, 4) is 6.01 Å². The van der Waals surface area contributed by atoms with Crippen molar-refractivity contribution >= 4 is 11.9 Å². The maximum atomic E-state index is 5.64. The molecule has 0 aromatic carbocycles. The van der Waals surface area contributed by atoms with Crippen LogP contribution in [0.25, 0.3) is 0 Å². The molecule has 0 saturated carbocycles. The van der Waals surface area contributed by atoms with Crippen LogP contribution in [-0.4, -0.2) is 46.9 Å². The van der Waals surface area contributed by atoms with Gasteiger partial charge in [0.2, 0.25) is 11.9 Å². The molecule has 7 heteroatoms. The molecule has 1 rings (SSSR count). The third kappa shape index (κ3) is 6.57. The Morgan fingerprint density at radius 3 is 2.24 bits per heavy atom. The number of nitrogens with one attached hydrogen (secondary N) is 2. The third-order valence-corrected chi connectivity index (χ3v) is 2.59. The summed E-state index contributed by atoms with van der Waals surface area (Å²) in [4.78, 5) is 12.8. The zero-order valence-electron chi connectivity index (χ0n) is 13.7. The smallest absolute Gasteiger partial charge is 0.323 e. The van der Waals surface area contributed by atoms with E-state index in [0.717, 1.165) is 13.0 Å². The Morgan fingerprint density at radius 2 is 1.67 bits per heavy atom. The number of hydrogen-bond donors (Lipinski definition) is 2. The molecule has 120 valence electrons. The molecule has 1 aromatic heterocycles. The van der Waals surface area contributed by atoms with E-state index >= 15 is 0 Å². The van der Waals surface area contributed by atoms with Crippen LogP contribution in [0, 0.1) is 0 Å². The Bertz CT molecular complexity index is 426. The molecular formula is C14H27N5O2. The molecule has 0 fully saturated rings. The predicted octanol–water partition coefficient (Wildman–Crippen LogP) is 2.32. The molecule has 0 atom stereocenters. The first-order valence-electron chi connectivity index (χ1n) is 7.51. The Balaban J connectivity index is 2.77. The predicted molar refractivity (Wildman–Crippen MR) is 84.0 cm³/mol. The van der Waals surface area contributed by atoms with Gasteiger partial charge in [0.1, 0.15) is 0 Å². The summed E-state index contributed by atoms with van der Waals surface area (Å²) >= 11 is 0. The van der Waals surface area contributed by atoms with Crippen molar-refractivity contribution in [2.45, 2.75) is 46.6 Å². The molecule has 1 aromatic rings. The van der Waals surface area contributed by atoms with Gasteiger partial charge >= 0.3 is 6.01 Å². The number of ether oxygens (including phenoxy) is 2. The van der Waals surface area contributed by atoms with Gasteiger partial charge in [-0.1, -0.05) is 6.92 Å². The lowest BCUT2D eigenvalue weighted by Crippen LogP contribution is -2.34. The Labute approximate surface area is 126 Å². The van der Waals surface area contributed by atoms with Gasteiger partial charge in [-0.25, -0.2) is 0 Å². The molecule has 21 heavy (non-hydrogen) atoms. The second-order valence-electron chi connectivity index (χ2n) is 5.19. The molecule has 0 bridgehead atoms. The zero-order valence-corrected chi connectivity index (χ0v) is 13.7. The van der Waals surface area contributed by atoms with Crippen molar-refractivity contribution in [2.75, 3.05) is 36.9 Å². The molecule has 0 aliphatic rings. The van der Waals surface area contributed by atoms with Crippen molar-refractivity contribution in [3.05, 3.63) is 0 Å². The number of hydrogen-bond acceptors (Lipinski definition) is 7. The van der Waals surface area contributed by atoms with Crippen LogP contribution in [0.1, 0.15) is 41.0 Å². The minimum atomic E-state index is -0.288. The highest BCUT2D eigenvalue weighted by Crippen LogP contribution is 2.14. The molecule has 0 spiro atoms. The summed E-state index contributed by atoms with van der Waals surface area (Å²) in [5.41, 5.74) is -0.288. The second kappa shape index (κ2) is 8.61. The largest absolute Gasteiger partial charge is 0.463 e. The van der Waals surface area contributed by atoms with Crippen LogP contribution in [0.2, 0.25) is 0 Å². The lowest BCUT2D eigenvalue weighted by atomic mass is 10.1. The summed E-state index contributed by atoms with van der Waals surface area (Å²) < 4.78 is 11.1. The molecule has 2 N–H and O–H groups in total. The fourth-order valence-electron chi connectivity index (χ4n) is 1.66. The summed E-state index contributed by atoms with van der Waals surface area (Å²) in [7, 11) is 0. The highest BCUT2D eigenvalue weighted by molar-refractivity contribution is 5.36. The SMILES string of the molecule is CCCOc1nc(NCC)nc(NCC(C)(C)OCC)n1. The molecule has 0 radical (unpaired) electrons. The molecule has 1 heterocycles. The first kappa shape index (κ1) is 17.4. The average Bonchev–Trinajstić information content (AvgIpc) is 2.43.